The monoisotopic (exact) mass is 243 g/mol. The number of aryl methyl sites for hydroxylation is 1. The summed E-state index contributed by atoms with van der Waals surface area (Å²) in [5.41, 5.74) is 2.52. The third kappa shape index (κ3) is 2.42. The largest absolute Gasteiger partial charge is 0.328 e. The number of aromatic nitrogens is 1. The van der Waals surface area contributed by atoms with Crippen LogP contribution in [-0.4, -0.2) is 29.5 Å². The summed E-state index contributed by atoms with van der Waals surface area (Å²) in [6.07, 6.45) is 0. The van der Waals surface area contributed by atoms with Crippen molar-refractivity contribution < 1.29 is 4.79 Å². The summed E-state index contributed by atoms with van der Waals surface area (Å²) in [6.45, 7) is 4.55. The maximum absolute atomic E-state index is 11.9. The molecule has 0 unspecified atom stereocenters. The number of para-hydroxylation sites is 1. The van der Waals surface area contributed by atoms with Crippen molar-refractivity contribution in [2.75, 3.05) is 18.9 Å². The van der Waals surface area contributed by atoms with E-state index in [1.165, 1.54) is 0 Å². The molecule has 0 atom stereocenters. The molecule has 4 nitrogen and oxygen atoms in total. The van der Waals surface area contributed by atoms with Crippen molar-refractivity contribution in [1.29, 1.82) is 0 Å². The van der Waals surface area contributed by atoms with Crippen LogP contribution in [-0.2, 0) is 0 Å². The van der Waals surface area contributed by atoms with Crippen LogP contribution in [0, 0.1) is 6.92 Å². The van der Waals surface area contributed by atoms with E-state index in [0.29, 0.717) is 6.54 Å². The van der Waals surface area contributed by atoms with Crippen LogP contribution in [0.25, 0.3) is 10.9 Å². The molecule has 2 rings (SSSR count). The van der Waals surface area contributed by atoms with Crippen molar-refractivity contribution in [1.82, 2.24) is 9.88 Å². The number of urea groups is 1. The molecule has 4 heteroatoms. The van der Waals surface area contributed by atoms with Gasteiger partial charge in [-0.3, -0.25) is 4.98 Å². The van der Waals surface area contributed by atoms with Gasteiger partial charge in [-0.1, -0.05) is 18.2 Å². The number of carbonyl (C=O) groups excluding carboxylic acids is 1. The molecular formula is C14H17N3O. The van der Waals surface area contributed by atoms with Gasteiger partial charge >= 0.3 is 6.03 Å². The summed E-state index contributed by atoms with van der Waals surface area (Å²) in [5, 5.41) is 3.91. The SMILES string of the molecule is CCN(C)C(=O)Nc1cccc2ccc(C)nc12. The molecule has 0 saturated heterocycles. The zero-order valence-corrected chi connectivity index (χ0v) is 10.9. The van der Waals surface area contributed by atoms with Gasteiger partial charge in [-0.05, 0) is 26.0 Å². The summed E-state index contributed by atoms with van der Waals surface area (Å²) < 4.78 is 0. The molecular weight excluding hydrogens is 226 g/mol. The van der Waals surface area contributed by atoms with Crippen molar-refractivity contribution in [3.63, 3.8) is 0 Å². The van der Waals surface area contributed by atoms with Gasteiger partial charge in [0.2, 0.25) is 0 Å². The summed E-state index contributed by atoms with van der Waals surface area (Å²) in [4.78, 5) is 18.0. The highest BCUT2D eigenvalue weighted by Crippen LogP contribution is 2.21. The van der Waals surface area contributed by atoms with Crippen LogP contribution < -0.4 is 5.32 Å². The Kier molecular flexibility index (Phi) is 3.46. The van der Waals surface area contributed by atoms with E-state index in [4.69, 9.17) is 0 Å². The van der Waals surface area contributed by atoms with Gasteiger partial charge < -0.3 is 10.2 Å². The van der Waals surface area contributed by atoms with Gasteiger partial charge in [-0.15, -0.1) is 0 Å². The van der Waals surface area contributed by atoms with Crippen LogP contribution >= 0.6 is 0 Å². The topological polar surface area (TPSA) is 45.2 Å². The number of nitrogens with zero attached hydrogens (tertiary/aromatic N) is 2. The molecule has 0 saturated carbocycles. The minimum Gasteiger partial charge on any atom is -0.328 e. The number of fused-ring (bicyclic) bond motifs is 1. The van der Waals surface area contributed by atoms with Crippen LogP contribution in [0.5, 0.6) is 0 Å². The highest BCUT2D eigenvalue weighted by Gasteiger charge is 2.09. The molecule has 94 valence electrons. The molecule has 1 aromatic heterocycles. The van der Waals surface area contributed by atoms with Crippen LogP contribution in [0.2, 0.25) is 0 Å². The average molecular weight is 243 g/mol. The predicted octanol–water partition coefficient (Wildman–Crippen LogP) is 3.03. The Bertz CT molecular complexity index is 580. The van der Waals surface area contributed by atoms with Gasteiger partial charge in [0, 0.05) is 24.7 Å². The number of pyridine rings is 1. The quantitative estimate of drug-likeness (QED) is 0.881. The number of hydrogen-bond acceptors (Lipinski definition) is 2. The Morgan fingerprint density at radius 3 is 2.83 bits per heavy atom. The Hall–Kier alpha value is -2.10. The van der Waals surface area contributed by atoms with E-state index in [2.05, 4.69) is 10.3 Å². The zero-order valence-electron chi connectivity index (χ0n) is 10.9. The highest BCUT2D eigenvalue weighted by atomic mass is 16.2. The van der Waals surface area contributed by atoms with Crippen molar-refractivity contribution in [2.45, 2.75) is 13.8 Å². The van der Waals surface area contributed by atoms with E-state index in [1.54, 1.807) is 11.9 Å². The minimum absolute atomic E-state index is 0.117. The summed E-state index contributed by atoms with van der Waals surface area (Å²) >= 11 is 0. The third-order valence-electron chi connectivity index (χ3n) is 2.92. The lowest BCUT2D eigenvalue weighted by molar-refractivity contribution is 0.224. The molecule has 0 fully saturated rings. The summed E-state index contributed by atoms with van der Waals surface area (Å²) in [6, 6.07) is 9.63. The molecule has 2 amide bonds. The first-order valence-corrected chi connectivity index (χ1v) is 6.00. The van der Waals surface area contributed by atoms with Gasteiger partial charge in [0.1, 0.15) is 0 Å². The molecule has 18 heavy (non-hydrogen) atoms. The van der Waals surface area contributed by atoms with Crippen LogP contribution in [0.4, 0.5) is 10.5 Å². The fraction of sp³-hybridized carbons (Fsp3) is 0.286. The first kappa shape index (κ1) is 12.4. The Morgan fingerprint density at radius 1 is 1.33 bits per heavy atom. The predicted molar refractivity (Wildman–Crippen MR) is 73.8 cm³/mol. The second-order valence-corrected chi connectivity index (χ2v) is 4.27. The van der Waals surface area contributed by atoms with E-state index in [1.807, 2.05) is 44.2 Å². The lowest BCUT2D eigenvalue weighted by atomic mass is 10.2. The smallest absolute Gasteiger partial charge is 0.321 e. The number of rotatable bonds is 2. The van der Waals surface area contributed by atoms with Gasteiger partial charge in [0.15, 0.2) is 0 Å². The first-order chi connectivity index (χ1) is 8.61. The normalized spacial score (nSPS) is 10.4. The molecule has 0 radical (unpaired) electrons. The highest BCUT2D eigenvalue weighted by molar-refractivity contribution is 5.99. The van der Waals surface area contributed by atoms with Crippen LogP contribution in [0.3, 0.4) is 0 Å². The van der Waals surface area contributed by atoms with Gasteiger partial charge in [0.05, 0.1) is 11.2 Å². The lowest BCUT2D eigenvalue weighted by Crippen LogP contribution is -2.31. The van der Waals surface area contributed by atoms with Crippen molar-refractivity contribution in [2.24, 2.45) is 0 Å². The molecule has 1 aromatic carbocycles. The Labute approximate surface area is 107 Å². The van der Waals surface area contributed by atoms with E-state index in [9.17, 15) is 4.79 Å². The van der Waals surface area contributed by atoms with E-state index in [-0.39, 0.29) is 6.03 Å². The lowest BCUT2D eigenvalue weighted by Gasteiger charge is -2.16. The van der Waals surface area contributed by atoms with Gasteiger partial charge in [0.25, 0.3) is 0 Å². The van der Waals surface area contributed by atoms with Crippen molar-refractivity contribution >= 4 is 22.6 Å². The standard InChI is InChI=1S/C14H17N3O/c1-4-17(3)14(18)16-12-7-5-6-11-9-8-10(2)15-13(11)12/h5-9H,4H2,1-3H3,(H,16,18). The van der Waals surface area contributed by atoms with Crippen LogP contribution in [0.15, 0.2) is 30.3 Å². The molecule has 0 spiro atoms. The number of carbonyl (C=O) groups is 1. The Morgan fingerprint density at radius 2 is 2.11 bits per heavy atom. The van der Waals surface area contributed by atoms with Crippen molar-refractivity contribution in [3.8, 4) is 0 Å². The van der Waals surface area contributed by atoms with Gasteiger partial charge in [-0.2, -0.15) is 0 Å². The number of nitrogens with one attached hydrogen (secondary N) is 1. The van der Waals surface area contributed by atoms with Crippen LogP contribution in [0.1, 0.15) is 12.6 Å². The first-order valence-electron chi connectivity index (χ1n) is 6.00. The molecule has 0 aliphatic rings. The number of benzene rings is 1. The molecule has 0 aliphatic carbocycles. The number of anilines is 1. The fourth-order valence-corrected chi connectivity index (χ4v) is 1.70. The summed E-state index contributed by atoms with van der Waals surface area (Å²) in [5.74, 6) is 0. The molecule has 0 aliphatic heterocycles. The second kappa shape index (κ2) is 5.04. The number of amides is 2. The maximum Gasteiger partial charge on any atom is 0.321 e. The van der Waals surface area contributed by atoms with Crippen molar-refractivity contribution in [3.05, 3.63) is 36.0 Å². The average Bonchev–Trinajstić information content (AvgIpc) is 2.38. The van der Waals surface area contributed by atoms with E-state index >= 15 is 0 Å². The van der Waals surface area contributed by atoms with Gasteiger partial charge in [-0.25, -0.2) is 4.79 Å². The molecule has 2 aromatic rings. The molecule has 1 heterocycles. The fourth-order valence-electron chi connectivity index (χ4n) is 1.70. The Balaban J connectivity index is 2.39. The second-order valence-electron chi connectivity index (χ2n) is 4.27. The van der Waals surface area contributed by atoms with E-state index < -0.39 is 0 Å². The third-order valence-corrected chi connectivity index (χ3v) is 2.92. The molecule has 1 N–H and O–H groups in total. The minimum atomic E-state index is -0.117. The number of hydrogen-bond donors (Lipinski definition) is 1. The zero-order chi connectivity index (χ0) is 13.1. The molecule has 0 bridgehead atoms. The van der Waals surface area contributed by atoms with E-state index in [0.717, 1.165) is 22.3 Å². The summed E-state index contributed by atoms with van der Waals surface area (Å²) in [7, 11) is 1.76. The maximum atomic E-state index is 11.9.